The number of hydrogen-bond acceptors (Lipinski definition) is 4. The van der Waals surface area contributed by atoms with E-state index in [1.54, 1.807) is 18.2 Å². The summed E-state index contributed by atoms with van der Waals surface area (Å²) in [7, 11) is 0. The molecule has 6 nitrogen and oxygen atoms in total. The van der Waals surface area contributed by atoms with Crippen LogP contribution in [-0.4, -0.2) is 24.4 Å². The van der Waals surface area contributed by atoms with E-state index in [-0.39, 0.29) is 31.3 Å². The van der Waals surface area contributed by atoms with E-state index in [1.807, 2.05) is 37.3 Å². The summed E-state index contributed by atoms with van der Waals surface area (Å²) in [6.07, 6.45) is 1.74. The van der Waals surface area contributed by atoms with Gasteiger partial charge in [-0.25, -0.2) is 0 Å². The third-order valence-corrected chi connectivity index (χ3v) is 4.38. The zero-order valence-electron chi connectivity index (χ0n) is 16.4. The molecule has 0 spiro atoms. The second kappa shape index (κ2) is 11.9. The number of benzene rings is 2. The van der Waals surface area contributed by atoms with Crippen LogP contribution in [0.15, 0.2) is 48.5 Å². The Labute approximate surface area is 175 Å². The number of amides is 2. The van der Waals surface area contributed by atoms with Crippen molar-refractivity contribution in [2.45, 2.75) is 39.0 Å². The van der Waals surface area contributed by atoms with E-state index < -0.39 is 5.97 Å². The first-order valence-corrected chi connectivity index (χ1v) is 9.94. The van der Waals surface area contributed by atoms with Crippen molar-refractivity contribution in [3.8, 4) is 0 Å². The van der Waals surface area contributed by atoms with Gasteiger partial charge in [0.1, 0.15) is 0 Å². The SMILES string of the molecule is CCCC(=O)Nc1ccc(Cl)c(NC(=O)CCC(=O)OCCc2ccccc2)c1. The highest BCUT2D eigenvalue weighted by atomic mass is 35.5. The van der Waals surface area contributed by atoms with Crippen LogP contribution < -0.4 is 10.6 Å². The number of halogens is 1. The van der Waals surface area contributed by atoms with Crippen LogP contribution in [0.25, 0.3) is 0 Å². The zero-order valence-corrected chi connectivity index (χ0v) is 17.1. The molecular formula is C22H25ClN2O4. The lowest BCUT2D eigenvalue weighted by Crippen LogP contribution is -2.16. The van der Waals surface area contributed by atoms with Crippen LogP contribution in [0.1, 0.15) is 38.2 Å². The third kappa shape index (κ3) is 8.35. The average molecular weight is 417 g/mol. The molecule has 154 valence electrons. The Balaban J connectivity index is 1.76. The quantitative estimate of drug-likeness (QED) is 0.555. The number of nitrogens with one attached hydrogen (secondary N) is 2. The number of hydrogen-bond donors (Lipinski definition) is 2. The monoisotopic (exact) mass is 416 g/mol. The Morgan fingerprint density at radius 1 is 0.931 bits per heavy atom. The van der Waals surface area contributed by atoms with Crippen LogP contribution in [0.3, 0.4) is 0 Å². The molecule has 29 heavy (non-hydrogen) atoms. The largest absolute Gasteiger partial charge is 0.465 e. The Bertz CT molecular complexity index is 840. The van der Waals surface area contributed by atoms with Crippen molar-refractivity contribution in [3.05, 3.63) is 59.1 Å². The van der Waals surface area contributed by atoms with Crippen molar-refractivity contribution in [3.63, 3.8) is 0 Å². The van der Waals surface area contributed by atoms with Gasteiger partial charge in [-0.05, 0) is 30.2 Å². The van der Waals surface area contributed by atoms with Crippen molar-refractivity contribution in [2.75, 3.05) is 17.2 Å². The smallest absolute Gasteiger partial charge is 0.306 e. The fourth-order valence-electron chi connectivity index (χ4n) is 2.58. The van der Waals surface area contributed by atoms with Crippen LogP contribution in [0, 0.1) is 0 Å². The second-order valence-corrected chi connectivity index (χ2v) is 6.90. The van der Waals surface area contributed by atoms with E-state index in [2.05, 4.69) is 10.6 Å². The average Bonchev–Trinajstić information content (AvgIpc) is 2.70. The molecule has 0 aliphatic carbocycles. The predicted octanol–water partition coefficient (Wildman–Crippen LogP) is 4.58. The first-order chi connectivity index (χ1) is 14.0. The lowest BCUT2D eigenvalue weighted by atomic mass is 10.2. The number of rotatable bonds is 10. The molecule has 0 saturated carbocycles. The molecule has 2 aromatic rings. The van der Waals surface area contributed by atoms with E-state index in [9.17, 15) is 14.4 Å². The molecule has 7 heteroatoms. The molecule has 2 aromatic carbocycles. The third-order valence-electron chi connectivity index (χ3n) is 4.05. The summed E-state index contributed by atoms with van der Waals surface area (Å²) in [4.78, 5) is 35.7. The van der Waals surface area contributed by atoms with Gasteiger partial charge in [-0.2, -0.15) is 0 Å². The van der Waals surface area contributed by atoms with Crippen molar-refractivity contribution in [2.24, 2.45) is 0 Å². The van der Waals surface area contributed by atoms with Gasteiger partial charge in [0.05, 0.1) is 23.7 Å². The molecule has 0 unspecified atom stereocenters. The fourth-order valence-corrected chi connectivity index (χ4v) is 2.74. The molecule has 0 radical (unpaired) electrons. The molecule has 0 aliphatic rings. The van der Waals surface area contributed by atoms with Crippen LogP contribution in [0.4, 0.5) is 11.4 Å². The molecule has 2 rings (SSSR count). The van der Waals surface area contributed by atoms with Gasteiger partial charge in [-0.15, -0.1) is 0 Å². The van der Waals surface area contributed by atoms with Gasteiger partial charge in [-0.1, -0.05) is 48.9 Å². The summed E-state index contributed by atoms with van der Waals surface area (Å²) >= 11 is 6.11. The van der Waals surface area contributed by atoms with Crippen molar-refractivity contribution >= 4 is 40.8 Å². The van der Waals surface area contributed by atoms with E-state index in [1.165, 1.54) is 0 Å². The minimum atomic E-state index is -0.428. The summed E-state index contributed by atoms with van der Waals surface area (Å²) in [6.45, 7) is 2.19. The number of anilines is 2. The Hall–Kier alpha value is -2.86. The highest BCUT2D eigenvalue weighted by Crippen LogP contribution is 2.26. The Morgan fingerprint density at radius 2 is 1.66 bits per heavy atom. The highest BCUT2D eigenvalue weighted by molar-refractivity contribution is 6.33. The zero-order chi connectivity index (χ0) is 21.1. The molecule has 0 bridgehead atoms. The Morgan fingerprint density at radius 3 is 2.38 bits per heavy atom. The topological polar surface area (TPSA) is 84.5 Å². The summed E-state index contributed by atoms with van der Waals surface area (Å²) < 4.78 is 5.16. The molecule has 0 aromatic heterocycles. The number of carbonyl (C=O) groups is 3. The molecule has 0 fully saturated rings. The van der Waals surface area contributed by atoms with Crippen LogP contribution >= 0.6 is 11.6 Å². The second-order valence-electron chi connectivity index (χ2n) is 6.50. The maximum absolute atomic E-state index is 12.1. The van der Waals surface area contributed by atoms with Crippen LogP contribution in [-0.2, 0) is 25.5 Å². The van der Waals surface area contributed by atoms with Crippen molar-refractivity contribution < 1.29 is 19.1 Å². The summed E-state index contributed by atoms with van der Waals surface area (Å²) in [5.74, 6) is -0.892. The van der Waals surface area contributed by atoms with Gasteiger partial charge in [-0.3, -0.25) is 14.4 Å². The standard InChI is InChI=1S/C22H25ClN2O4/c1-2-6-20(26)24-17-9-10-18(23)19(15-17)25-21(27)11-12-22(28)29-14-13-16-7-4-3-5-8-16/h3-5,7-10,15H,2,6,11-14H2,1H3,(H,24,26)(H,25,27). The number of ether oxygens (including phenoxy) is 1. The maximum atomic E-state index is 12.1. The van der Waals surface area contributed by atoms with E-state index in [0.717, 1.165) is 12.0 Å². The lowest BCUT2D eigenvalue weighted by Gasteiger charge is -2.10. The van der Waals surface area contributed by atoms with E-state index >= 15 is 0 Å². The van der Waals surface area contributed by atoms with Crippen LogP contribution in [0.5, 0.6) is 0 Å². The molecule has 0 aliphatic heterocycles. The van der Waals surface area contributed by atoms with Gasteiger partial charge in [0.2, 0.25) is 11.8 Å². The highest BCUT2D eigenvalue weighted by Gasteiger charge is 2.11. The van der Waals surface area contributed by atoms with Gasteiger partial charge < -0.3 is 15.4 Å². The number of esters is 1. The van der Waals surface area contributed by atoms with Gasteiger partial charge in [0.25, 0.3) is 0 Å². The molecule has 0 atom stereocenters. The predicted molar refractivity (Wildman–Crippen MR) is 114 cm³/mol. The van der Waals surface area contributed by atoms with E-state index in [0.29, 0.717) is 29.2 Å². The summed E-state index contributed by atoms with van der Waals surface area (Å²) in [5, 5.41) is 5.76. The number of carbonyl (C=O) groups excluding carboxylic acids is 3. The van der Waals surface area contributed by atoms with Gasteiger partial charge >= 0.3 is 5.97 Å². The van der Waals surface area contributed by atoms with Crippen LogP contribution in [0.2, 0.25) is 5.02 Å². The Kier molecular flexibility index (Phi) is 9.18. The maximum Gasteiger partial charge on any atom is 0.306 e. The minimum absolute atomic E-state index is 0.0209. The summed E-state index contributed by atoms with van der Waals surface area (Å²) in [6, 6.07) is 14.6. The molecule has 0 saturated heterocycles. The summed E-state index contributed by atoms with van der Waals surface area (Å²) in [5.41, 5.74) is 2.01. The molecule has 2 N–H and O–H groups in total. The lowest BCUT2D eigenvalue weighted by molar-refractivity contribution is -0.144. The first-order valence-electron chi connectivity index (χ1n) is 9.56. The molecule has 2 amide bonds. The first kappa shape index (κ1) is 22.4. The van der Waals surface area contributed by atoms with Gasteiger partial charge in [0.15, 0.2) is 0 Å². The normalized spacial score (nSPS) is 10.3. The molecule has 0 heterocycles. The fraction of sp³-hybridized carbons (Fsp3) is 0.318. The van der Waals surface area contributed by atoms with E-state index in [4.69, 9.17) is 16.3 Å². The van der Waals surface area contributed by atoms with Gasteiger partial charge in [0, 0.05) is 24.9 Å². The van der Waals surface area contributed by atoms with Crippen molar-refractivity contribution in [1.82, 2.24) is 0 Å². The minimum Gasteiger partial charge on any atom is -0.465 e. The molecular weight excluding hydrogens is 392 g/mol. The van der Waals surface area contributed by atoms with Crippen molar-refractivity contribution in [1.29, 1.82) is 0 Å².